The lowest BCUT2D eigenvalue weighted by molar-refractivity contribution is 0.171. The zero-order valence-electron chi connectivity index (χ0n) is 14.5. The predicted octanol–water partition coefficient (Wildman–Crippen LogP) is 5.45. The first kappa shape index (κ1) is 19.2. The van der Waals surface area contributed by atoms with Gasteiger partial charge in [-0.25, -0.2) is 0 Å². The van der Waals surface area contributed by atoms with E-state index in [1.807, 2.05) is 64.1 Å². The second-order valence-corrected chi connectivity index (χ2v) is 5.20. The largest absolute Gasteiger partial charge is 0.496 e. The van der Waals surface area contributed by atoms with Crippen LogP contribution in [0.5, 0.6) is 17.2 Å². The molecule has 3 rings (SSSR count). The monoisotopic (exact) mass is 336 g/mol. The summed E-state index contributed by atoms with van der Waals surface area (Å²) in [6.45, 7) is 9.33. The van der Waals surface area contributed by atoms with Gasteiger partial charge in [-0.3, -0.25) is 0 Å². The molecule has 0 aromatic heterocycles. The van der Waals surface area contributed by atoms with Crippen LogP contribution >= 0.6 is 11.6 Å². The van der Waals surface area contributed by atoms with Crippen molar-refractivity contribution in [3.05, 3.63) is 52.5 Å². The van der Waals surface area contributed by atoms with Gasteiger partial charge in [0.05, 0.1) is 7.11 Å². The molecule has 2 aromatic carbocycles. The zero-order chi connectivity index (χ0) is 17.2. The van der Waals surface area contributed by atoms with E-state index in [-0.39, 0.29) is 0 Å². The van der Waals surface area contributed by atoms with E-state index in [1.165, 1.54) is 5.56 Å². The van der Waals surface area contributed by atoms with Gasteiger partial charge in [0.25, 0.3) is 0 Å². The van der Waals surface area contributed by atoms with Gasteiger partial charge >= 0.3 is 0 Å². The third-order valence-electron chi connectivity index (χ3n) is 3.05. The first-order chi connectivity index (χ1) is 11.1. The number of hydrogen-bond donors (Lipinski definition) is 0. The van der Waals surface area contributed by atoms with Gasteiger partial charge in [0, 0.05) is 5.02 Å². The molecule has 0 spiro atoms. The number of benzene rings is 2. The molecule has 23 heavy (non-hydrogen) atoms. The summed E-state index contributed by atoms with van der Waals surface area (Å²) in [6, 6.07) is 11.5. The molecule has 0 unspecified atom stereocenters. The summed E-state index contributed by atoms with van der Waals surface area (Å²) in [7, 11) is 1.65. The topological polar surface area (TPSA) is 27.7 Å². The predicted molar refractivity (Wildman–Crippen MR) is 96.3 cm³/mol. The second-order valence-electron chi connectivity index (χ2n) is 4.76. The Balaban J connectivity index is 0.000000209. The average molecular weight is 337 g/mol. The highest BCUT2D eigenvalue weighted by Crippen LogP contribution is 2.30. The molecule has 2 aromatic rings. The molecule has 0 amide bonds. The van der Waals surface area contributed by atoms with Gasteiger partial charge in [-0.15, -0.1) is 0 Å². The Morgan fingerprint density at radius 3 is 2.17 bits per heavy atom. The fraction of sp³-hybridized carbons (Fsp3) is 0.368. The fourth-order valence-corrected chi connectivity index (χ4v) is 2.22. The molecule has 1 heterocycles. The number of hydrogen-bond acceptors (Lipinski definition) is 3. The molecule has 0 atom stereocenters. The van der Waals surface area contributed by atoms with Crippen LogP contribution in [0.4, 0.5) is 0 Å². The molecule has 0 N–H and O–H groups in total. The van der Waals surface area contributed by atoms with Crippen LogP contribution in [0.25, 0.3) is 0 Å². The lowest BCUT2D eigenvalue weighted by Gasteiger charge is -2.18. The lowest BCUT2D eigenvalue weighted by atomic mass is 10.2. The smallest absolute Gasteiger partial charge is 0.161 e. The van der Waals surface area contributed by atoms with Crippen LogP contribution in [0.1, 0.15) is 25.0 Å². The third kappa shape index (κ3) is 6.03. The van der Waals surface area contributed by atoms with E-state index >= 15 is 0 Å². The van der Waals surface area contributed by atoms with Crippen LogP contribution in [-0.4, -0.2) is 20.3 Å². The molecule has 1 aliphatic rings. The Morgan fingerprint density at radius 1 is 0.913 bits per heavy atom. The highest BCUT2D eigenvalue weighted by Gasteiger charge is 2.09. The minimum absolute atomic E-state index is 0.663. The van der Waals surface area contributed by atoms with Crippen LogP contribution in [-0.2, 0) is 0 Å². The zero-order valence-corrected chi connectivity index (χ0v) is 15.2. The summed E-state index contributed by atoms with van der Waals surface area (Å²) in [5.41, 5.74) is 2.27. The molecule has 126 valence electrons. The summed E-state index contributed by atoms with van der Waals surface area (Å²) < 4.78 is 15.8. The Hall–Kier alpha value is -1.87. The van der Waals surface area contributed by atoms with Crippen molar-refractivity contribution in [3.8, 4) is 17.2 Å². The van der Waals surface area contributed by atoms with E-state index in [0.29, 0.717) is 13.2 Å². The van der Waals surface area contributed by atoms with Crippen molar-refractivity contribution in [2.45, 2.75) is 27.7 Å². The molecule has 0 saturated heterocycles. The van der Waals surface area contributed by atoms with E-state index in [9.17, 15) is 0 Å². The van der Waals surface area contributed by atoms with Crippen LogP contribution in [0.15, 0.2) is 36.4 Å². The van der Waals surface area contributed by atoms with Gasteiger partial charge in [0.1, 0.15) is 19.0 Å². The van der Waals surface area contributed by atoms with Crippen LogP contribution in [0.3, 0.4) is 0 Å². The maximum atomic E-state index is 5.72. The molecule has 0 fully saturated rings. The first-order valence-corrected chi connectivity index (χ1v) is 8.14. The Bertz CT molecular complexity index is 612. The van der Waals surface area contributed by atoms with Crippen molar-refractivity contribution < 1.29 is 14.2 Å². The molecule has 3 nitrogen and oxygen atoms in total. The quantitative estimate of drug-likeness (QED) is 0.693. The van der Waals surface area contributed by atoms with Crippen molar-refractivity contribution >= 4 is 11.6 Å². The van der Waals surface area contributed by atoms with E-state index in [0.717, 1.165) is 27.8 Å². The average Bonchev–Trinajstić information content (AvgIpc) is 2.57. The number of ether oxygens (including phenoxy) is 3. The number of rotatable bonds is 1. The van der Waals surface area contributed by atoms with Crippen molar-refractivity contribution in [2.75, 3.05) is 20.3 Å². The van der Waals surface area contributed by atoms with E-state index in [2.05, 4.69) is 0 Å². The molecule has 0 bridgehead atoms. The van der Waals surface area contributed by atoms with E-state index < -0.39 is 0 Å². The number of fused-ring (bicyclic) bond motifs is 1. The lowest BCUT2D eigenvalue weighted by Crippen LogP contribution is -2.15. The second kappa shape index (κ2) is 10.0. The summed E-state index contributed by atoms with van der Waals surface area (Å²) in [5.74, 6) is 2.61. The summed E-state index contributed by atoms with van der Waals surface area (Å²) in [4.78, 5) is 0. The molecule has 4 heteroatoms. The number of halogens is 1. The van der Waals surface area contributed by atoms with Crippen LogP contribution < -0.4 is 14.2 Å². The standard InChI is InChI=1S/C9H10O2.C8H9ClO.C2H6/c1-7-2-3-8-9(6-7)11-5-4-10-8;1-6-5-7(9)3-4-8(6)10-2;1-2/h2-3,6H,4-5H2,1H3;3-5H,1-2H3;1-2H3. The van der Waals surface area contributed by atoms with Gasteiger partial charge in [0.15, 0.2) is 11.5 Å². The van der Waals surface area contributed by atoms with Crippen molar-refractivity contribution in [2.24, 2.45) is 0 Å². The third-order valence-corrected chi connectivity index (χ3v) is 3.29. The van der Waals surface area contributed by atoms with Crippen LogP contribution in [0, 0.1) is 13.8 Å². The minimum Gasteiger partial charge on any atom is -0.496 e. The van der Waals surface area contributed by atoms with Crippen LogP contribution in [0.2, 0.25) is 5.02 Å². The van der Waals surface area contributed by atoms with E-state index in [1.54, 1.807) is 7.11 Å². The highest BCUT2D eigenvalue weighted by molar-refractivity contribution is 6.30. The fourth-order valence-electron chi connectivity index (χ4n) is 1.99. The van der Waals surface area contributed by atoms with Gasteiger partial charge in [-0.05, 0) is 55.3 Å². The van der Waals surface area contributed by atoms with Gasteiger partial charge in [-0.2, -0.15) is 0 Å². The summed E-state index contributed by atoms with van der Waals surface area (Å²) in [5, 5.41) is 0.748. The molecule has 0 aliphatic carbocycles. The van der Waals surface area contributed by atoms with Crippen molar-refractivity contribution in [3.63, 3.8) is 0 Å². The van der Waals surface area contributed by atoms with Crippen molar-refractivity contribution in [1.29, 1.82) is 0 Å². The Labute approximate surface area is 144 Å². The maximum absolute atomic E-state index is 5.72. The van der Waals surface area contributed by atoms with Crippen molar-refractivity contribution in [1.82, 2.24) is 0 Å². The summed E-state index contributed by atoms with van der Waals surface area (Å²) >= 11 is 5.72. The normalized spacial score (nSPS) is 11.4. The molecule has 1 aliphatic heterocycles. The number of methoxy groups -OCH3 is 1. The number of aryl methyl sites for hydroxylation is 2. The van der Waals surface area contributed by atoms with Gasteiger partial charge in [0.2, 0.25) is 0 Å². The highest BCUT2D eigenvalue weighted by atomic mass is 35.5. The molecule has 0 radical (unpaired) electrons. The van der Waals surface area contributed by atoms with E-state index in [4.69, 9.17) is 25.8 Å². The molecule has 0 saturated carbocycles. The Morgan fingerprint density at radius 2 is 1.57 bits per heavy atom. The minimum atomic E-state index is 0.663. The molecular formula is C19H25ClO3. The Kier molecular flexibility index (Phi) is 8.35. The molecular weight excluding hydrogens is 312 g/mol. The van der Waals surface area contributed by atoms with Gasteiger partial charge < -0.3 is 14.2 Å². The maximum Gasteiger partial charge on any atom is 0.161 e. The SMILES string of the molecule is CC.COc1ccc(Cl)cc1C.Cc1ccc2c(c1)OCCO2. The first-order valence-electron chi connectivity index (χ1n) is 7.76. The van der Waals surface area contributed by atoms with Gasteiger partial charge in [-0.1, -0.05) is 31.5 Å². The summed E-state index contributed by atoms with van der Waals surface area (Å²) in [6.07, 6.45) is 0.